The summed E-state index contributed by atoms with van der Waals surface area (Å²) in [4.78, 5) is 12.1. The number of rotatable bonds is 3. The van der Waals surface area contributed by atoms with E-state index in [1.165, 1.54) is 0 Å². The summed E-state index contributed by atoms with van der Waals surface area (Å²) in [6.45, 7) is -0.0623. The first-order valence-corrected chi connectivity index (χ1v) is 6.12. The highest BCUT2D eigenvalue weighted by Crippen LogP contribution is 2.28. The van der Waals surface area contributed by atoms with Crippen LogP contribution in [0.5, 0.6) is 0 Å². The molecule has 1 aromatic rings. The number of amides is 1. The summed E-state index contributed by atoms with van der Waals surface area (Å²) in [5.74, 6) is -6.42. The average Bonchev–Trinajstić information content (AvgIpc) is 2.47. The Morgan fingerprint density at radius 2 is 1.85 bits per heavy atom. The molecule has 0 N–H and O–H groups in total. The third-order valence-corrected chi connectivity index (χ3v) is 3.20. The van der Waals surface area contributed by atoms with Crippen LogP contribution < -0.4 is 0 Å². The first kappa shape index (κ1) is 14.6. The SMILES string of the molecule is O=C(N1CC=C(c2ccccc2)CC1)C(F)(F)C(F)F. The Hall–Kier alpha value is -1.85. The third-order valence-electron chi connectivity index (χ3n) is 3.20. The zero-order valence-corrected chi connectivity index (χ0v) is 10.5. The van der Waals surface area contributed by atoms with Crippen molar-refractivity contribution in [1.29, 1.82) is 0 Å². The first-order chi connectivity index (χ1) is 9.43. The van der Waals surface area contributed by atoms with Gasteiger partial charge in [0, 0.05) is 13.1 Å². The molecule has 1 aromatic carbocycles. The van der Waals surface area contributed by atoms with Crippen LogP contribution in [-0.4, -0.2) is 36.2 Å². The molecule has 0 unspecified atom stereocenters. The maximum atomic E-state index is 13.0. The number of nitrogens with zero attached hydrogens (tertiary/aromatic N) is 1. The Morgan fingerprint density at radius 3 is 2.35 bits per heavy atom. The van der Waals surface area contributed by atoms with Crippen molar-refractivity contribution >= 4 is 11.5 Å². The average molecular weight is 287 g/mol. The Labute approximate surface area is 113 Å². The van der Waals surface area contributed by atoms with Gasteiger partial charge in [0.15, 0.2) is 0 Å². The predicted octanol–water partition coefficient (Wildman–Crippen LogP) is 3.20. The van der Waals surface area contributed by atoms with Gasteiger partial charge in [0.25, 0.3) is 5.91 Å². The number of alkyl halides is 4. The van der Waals surface area contributed by atoms with Gasteiger partial charge in [-0.1, -0.05) is 36.4 Å². The number of halogens is 4. The van der Waals surface area contributed by atoms with Gasteiger partial charge in [-0.15, -0.1) is 0 Å². The van der Waals surface area contributed by atoms with Crippen LogP contribution >= 0.6 is 0 Å². The molecule has 0 aliphatic carbocycles. The van der Waals surface area contributed by atoms with Crippen molar-refractivity contribution in [2.45, 2.75) is 18.8 Å². The minimum absolute atomic E-state index is 0.0157. The summed E-state index contributed by atoms with van der Waals surface area (Å²) in [6, 6.07) is 9.29. The largest absolute Gasteiger partial charge is 0.383 e. The maximum absolute atomic E-state index is 13.0. The monoisotopic (exact) mass is 287 g/mol. The van der Waals surface area contributed by atoms with E-state index in [1.54, 1.807) is 6.08 Å². The van der Waals surface area contributed by atoms with Gasteiger partial charge in [-0.3, -0.25) is 4.79 Å². The smallest absolute Gasteiger partial charge is 0.333 e. The van der Waals surface area contributed by atoms with Gasteiger partial charge in [-0.05, 0) is 17.6 Å². The Kier molecular flexibility index (Phi) is 4.11. The van der Waals surface area contributed by atoms with E-state index in [9.17, 15) is 22.4 Å². The van der Waals surface area contributed by atoms with E-state index >= 15 is 0 Å². The summed E-state index contributed by atoms with van der Waals surface area (Å²) < 4.78 is 50.3. The van der Waals surface area contributed by atoms with Gasteiger partial charge < -0.3 is 4.90 Å². The molecule has 2 rings (SSSR count). The van der Waals surface area contributed by atoms with Crippen LogP contribution in [0.3, 0.4) is 0 Å². The van der Waals surface area contributed by atoms with Crippen molar-refractivity contribution < 1.29 is 22.4 Å². The minimum atomic E-state index is -4.61. The fraction of sp³-hybridized carbons (Fsp3) is 0.357. The van der Waals surface area contributed by atoms with Gasteiger partial charge in [0.1, 0.15) is 0 Å². The molecule has 0 fully saturated rings. The molecule has 0 saturated carbocycles. The number of hydrogen-bond donors (Lipinski definition) is 0. The zero-order chi connectivity index (χ0) is 14.8. The Balaban J connectivity index is 2.08. The topological polar surface area (TPSA) is 20.3 Å². The third kappa shape index (κ3) is 2.84. The lowest BCUT2D eigenvalue weighted by molar-refractivity contribution is -0.180. The van der Waals surface area contributed by atoms with Crippen LogP contribution in [0.15, 0.2) is 36.4 Å². The molecule has 1 aliphatic heterocycles. The van der Waals surface area contributed by atoms with E-state index in [4.69, 9.17) is 0 Å². The van der Waals surface area contributed by atoms with Gasteiger partial charge in [0.2, 0.25) is 0 Å². The van der Waals surface area contributed by atoms with Crippen molar-refractivity contribution in [3.63, 3.8) is 0 Å². The lowest BCUT2D eigenvalue weighted by Crippen LogP contribution is -2.49. The van der Waals surface area contributed by atoms with E-state index in [1.807, 2.05) is 30.3 Å². The highest BCUT2D eigenvalue weighted by molar-refractivity contribution is 5.85. The molecule has 108 valence electrons. The molecule has 0 bridgehead atoms. The van der Waals surface area contributed by atoms with Gasteiger partial charge in [-0.25, -0.2) is 8.78 Å². The first-order valence-electron chi connectivity index (χ1n) is 6.12. The minimum Gasteiger partial charge on any atom is -0.333 e. The molecule has 6 heteroatoms. The second kappa shape index (κ2) is 5.64. The van der Waals surface area contributed by atoms with Crippen molar-refractivity contribution in [2.24, 2.45) is 0 Å². The van der Waals surface area contributed by atoms with Crippen LogP contribution in [0.1, 0.15) is 12.0 Å². The lowest BCUT2D eigenvalue weighted by Gasteiger charge is -2.29. The highest BCUT2D eigenvalue weighted by atomic mass is 19.3. The van der Waals surface area contributed by atoms with Gasteiger partial charge in [0.05, 0.1) is 0 Å². The summed E-state index contributed by atoms with van der Waals surface area (Å²) in [5.41, 5.74) is 1.87. The highest BCUT2D eigenvalue weighted by Gasteiger charge is 2.51. The molecule has 0 saturated heterocycles. The molecule has 2 nitrogen and oxygen atoms in total. The Bertz CT molecular complexity index is 513. The van der Waals surface area contributed by atoms with Crippen LogP contribution in [0, 0.1) is 0 Å². The van der Waals surface area contributed by atoms with E-state index in [2.05, 4.69) is 0 Å². The number of hydrogen-bond acceptors (Lipinski definition) is 1. The van der Waals surface area contributed by atoms with E-state index in [-0.39, 0.29) is 13.1 Å². The second-order valence-electron chi connectivity index (χ2n) is 4.52. The van der Waals surface area contributed by atoms with Crippen LogP contribution in [-0.2, 0) is 4.79 Å². The van der Waals surface area contributed by atoms with Gasteiger partial charge in [-0.2, -0.15) is 8.78 Å². The normalized spacial score (nSPS) is 16.2. The number of benzene rings is 1. The fourth-order valence-corrected chi connectivity index (χ4v) is 2.07. The van der Waals surface area contributed by atoms with Crippen molar-refractivity contribution in [3.05, 3.63) is 42.0 Å². The molecule has 0 atom stereocenters. The van der Waals surface area contributed by atoms with Crippen molar-refractivity contribution in [3.8, 4) is 0 Å². The summed E-state index contributed by atoms with van der Waals surface area (Å²) >= 11 is 0. The molecule has 0 radical (unpaired) electrons. The second-order valence-corrected chi connectivity index (χ2v) is 4.52. The summed E-state index contributed by atoms with van der Waals surface area (Å²) in [6.07, 6.45) is -1.98. The van der Waals surface area contributed by atoms with Crippen molar-refractivity contribution in [1.82, 2.24) is 4.90 Å². The standard InChI is InChI=1S/C14H13F4NO/c15-12(16)14(17,18)13(20)19-8-6-11(7-9-19)10-4-2-1-3-5-10/h1-6,12H,7-9H2. The fourth-order valence-electron chi connectivity index (χ4n) is 2.07. The van der Waals surface area contributed by atoms with Crippen molar-refractivity contribution in [2.75, 3.05) is 13.1 Å². The van der Waals surface area contributed by atoms with Gasteiger partial charge >= 0.3 is 12.3 Å². The van der Waals surface area contributed by atoms with E-state index < -0.39 is 18.3 Å². The van der Waals surface area contributed by atoms with Crippen LogP contribution in [0.25, 0.3) is 5.57 Å². The van der Waals surface area contributed by atoms with Crippen LogP contribution in [0.4, 0.5) is 17.6 Å². The Morgan fingerprint density at radius 1 is 1.20 bits per heavy atom. The number of carbonyl (C=O) groups excluding carboxylic acids is 1. The summed E-state index contributed by atoms with van der Waals surface area (Å²) in [7, 11) is 0. The quantitative estimate of drug-likeness (QED) is 0.782. The molecule has 20 heavy (non-hydrogen) atoms. The molecular formula is C14H13F4NO. The molecule has 1 aliphatic rings. The molecule has 1 heterocycles. The molecule has 0 aromatic heterocycles. The van der Waals surface area contributed by atoms with E-state index in [0.717, 1.165) is 16.0 Å². The summed E-state index contributed by atoms with van der Waals surface area (Å²) in [5, 5.41) is 0. The zero-order valence-electron chi connectivity index (χ0n) is 10.5. The lowest BCUT2D eigenvalue weighted by atomic mass is 9.99. The number of carbonyl (C=O) groups is 1. The molecule has 1 amide bonds. The van der Waals surface area contributed by atoms with E-state index in [0.29, 0.717) is 6.42 Å². The maximum Gasteiger partial charge on any atom is 0.383 e. The molecule has 0 spiro atoms. The van der Waals surface area contributed by atoms with Crippen LogP contribution in [0.2, 0.25) is 0 Å². The molecular weight excluding hydrogens is 274 g/mol. The predicted molar refractivity (Wildman–Crippen MR) is 66.6 cm³/mol.